The zero-order valence-corrected chi connectivity index (χ0v) is 14.9. The summed E-state index contributed by atoms with van der Waals surface area (Å²) in [5, 5.41) is 0. The van der Waals surface area contributed by atoms with Crippen molar-refractivity contribution in [2.24, 2.45) is 5.92 Å². The number of nitrogens with zero attached hydrogens (tertiary/aromatic N) is 2. The van der Waals surface area contributed by atoms with Gasteiger partial charge < -0.3 is 14.1 Å². The van der Waals surface area contributed by atoms with E-state index >= 15 is 0 Å². The van der Waals surface area contributed by atoms with Crippen LogP contribution in [0.25, 0.3) is 6.08 Å². The summed E-state index contributed by atoms with van der Waals surface area (Å²) in [6.45, 7) is 7.87. The third-order valence-corrected chi connectivity index (χ3v) is 5.01. The van der Waals surface area contributed by atoms with Gasteiger partial charge in [-0.25, -0.2) is 0 Å². The van der Waals surface area contributed by atoms with Crippen LogP contribution in [-0.2, 0) is 9.53 Å². The second-order valence-corrected chi connectivity index (χ2v) is 7.64. The highest BCUT2D eigenvalue weighted by Crippen LogP contribution is 2.33. The van der Waals surface area contributed by atoms with Crippen LogP contribution in [0.2, 0.25) is 0 Å². The minimum Gasteiger partial charge on any atom is -0.441 e. The lowest BCUT2D eigenvalue weighted by molar-refractivity contribution is -0.122. The van der Waals surface area contributed by atoms with E-state index in [9.17, 15) is 4.79 Å². The molecular formula is C16H20N2O3S2. The Morgan fingerprint density at radius 1 is 1.35 bits per heavy atom. The molecule has 23 heavy (non-hydrogen) atoms. The lowest BCUT2D eigenvalue weighted by Gasteiger charge is -2.26. The molecule has 2 aliphatic rings. The SMILES string of the molecule is CC(C)CN1C(=O)/C(=C/c2ccc(N3CCOCC3)o2)SC1=S. The zero-order chi connectivity index (χ0) is 16.4. The summed E-state index contributed by atoms with van der Waals surface area (Å²) >= 11 is 6.65. The van der Waals surface area contributed by atoms with E-state index in [2.05, 4.69) is 18.7 Å². The molecule has 124 valence electrons. The van der Waals surface area contributed by atoms with E-state index in [1.165, 1.54) is 11.8 Å². The largest absolute Gasteiger partial charge is 0.441 e. The second-order valence-electron chi connectivity index (χ2n) is 5.96. The number of thiocarbonyl (C=S) groups is 1. The molecule has 7 heteroatoms. The molecule has 3 rings (SSSR count). The number of rotatable bonds is 4. The van der Waals surface area contributed by atoms with Gasteiger partial charge in [-0.2, -0.15) is 0 Å². The fourth-order valence-electron chi connectivity index (χ4n) is 2.53. The number of morpholine rings is 1. The van der Waals surface area contributed by atoms with E-state index in [0.717, 1.165) is 19.0 Å². The number of hydrogen-bond acceptors (Lipinski definition) is 6. The van der Waals surface area contributed by atoms with Crippen LogP contribution < -0.4 is 4.90 Å². The Morgan fingerprint density at radius 3 is 2.78 bits per heavy atom. The van der Waals surface area contributed by atoms with Crippen LogP contribution >= 0.6 is 24.0 Å². The Bertz CT molecular complexity index is 633. The molecule has 1 aromatic heterocycles. The second kappa shape index (κ2) is 7.07. The molecule has 0 atom stereocenters. The molecule has 0 aromatic carbocycles. The van der Waals surface area contributed by atoms with Gasteiger partial charge in [0.15, 0.2) is 5.88 Å². The summed E-state index contributed by atoms with van der Waals surface area (Å²) in [7, 11) is 0. The van der Waals surface area contributed by atoms with E-state index in [-0.39, 0.29) is 5.91 Å². The van der Waals surface area contributed by atoms with Crippen molar-refractivity contribution in [1.29, 1.82) is 0 Å². The van der Waals surface area contributed by atoms with Gasteiger partial charge in [-0.15, -0.1) is 0 Å². The molecule has 0 radical (unpaired) electrons. The maximum absolute atomic E-state index is 12.4. The van der Waals surface area contributed by atoms with Crippen molar-refractivity contribution in [2.45, 2.75) is 13.8 Å². The molecule has 2 saturated heterocycles. The minimum atomic E-state index is -0.0296. The first-order valence-electron chi connectivity index (χ1n) is 7.72. The topological polar surface area (TPSA) is 45.9 Å². The molecule has 1 aromatic rings. The average Bonchev–Trinajstić information content (AvgIpc) is 3.09. The summed E-state index contributed by atoms with van der Waals surface area (Å²) in [4.78, 5) is 16.9. The number of furan rings is 1. The highest BCUT2D eigenvalue weighted by atomic mass is 32.2. The number of carbonyl (C=O) groups is 1. The molecule has 5 nitrogen and oxygen atoms in total. The number of ether oxygens (including phenoxy) is 1. The number of thioether (sulfide) groups is 1. The molecule has 2 aliphatic heterocycles. The molecule has 0 unspecified atom stereocenters. The predicted octanol–water partition coefficient (Wildman–Crippen LogP) is 2.97. The molecule has 0 N–H and O–H groups in total. The average molecular weight is 352 g/mol. The monoisotopic (exact) mass is 352 g/mol. The van der Waals surface area contributed by atoms with Crippen LogP contribution in [-0.4, -0.2) is 48.0 Å². The molecule has 0 saturated carbocycles. The molecule has 0 spiro atoms. The summed E-state index contributed by atoms with van der Waals surface area (Å²) in [5.74, 6) is 1.85. The van der Waals surface area contributed by atoms with Crippen molar-refractivity contribution >= 4 is 46.2 Å². The smallest absolute Gasteiger partial charge is 0.266 e. The fraction of sp³-hybridized carbons (Fsp3) is 0.500. The lowest BCUT2D eigenvalue weighted by Crippen LogP contribution is -2.35. The van der Waals surface area contributed by atoms with Gasteiger partial charge in [0.05, 0.1) is 18.1 Å². The molecule has 1 amide bonds. The quantitative estimate of drug-likeness (QED) is 0.613. The minimum absolute atomic E-state index is 0.0296. The number of amides is 1. The van der Waals surface area contributed by atoms with Crippen LogP contribution in [0.5, 0.6) is 0 Å². The zero-order valence-electron chi connectivity index (χ0n) is 13.3. The lowest BCUT2D eigenvalue weighted by atomic mass is 10.2. The highest BCUT2D eigenvalue weighted by molar-refractivity contribution is 8.26. The fourth-order valence-corrected chi connectivity index (χ4v) is 3.78. The third-order valence-electron chi connectivity index (χ3n) is 3.63. The van der Waals surface area contributed by atoms with Gasteiger partial charge in [-0.1, -0.05) is 37.8 Å². The predicted molar refractivity (Wildman–Crippen MR) is 96.5 cm³/mol. The van der Waals surface area contributed by atoms with Gasteiger partial charge in [0.2, 0.25) is 0 Å². The van der Waals surface area contributed by atoms with E-state index in [1.807, 2.05) is 12.1 Å². The Kier molecular flexibility index (Phi) is 5.08. The van der Waals surface area contributed by atoms with E-state index in [1.54, 1.807) is 11.0 Å². The molecule has 2 fully saturated rings. The first kappa shape index (κ1) is 16.5. The van der Waals surface area contributed by atoms with Crippen molar-refractivity contribution in [3.63, 3.8) is 0 Å². The summed E-state index contributed by atoms with van der Waals surface area (Å²) in [6, 6.07) is 3.83. The van der Waals surface area contributed by atoms with Crippen molar-refractivity contribution in [3.8, 4) is 0 Å². The van der Waals surface area contributed by atoms with E-state index in [0.29, 0.717) is 40.7 Å². The Hall–Kier alpha value is -1.31. The number of carbonyl (C=O) groups excluding carboxylic acids is 1. The third kappa shape index (κ3) is 3.79. The van der Waals surface area contributed by atoms with Gasteiger partial charge in [-0.05, 0) is 12.0 Å². The molecular weight excluding hydrogens is 332 g/mol. The molecule has 0 bridgehead atoms. The van der Waals surface area contributed by atoms with Gasteiger partial charge in [0.25, 0.3) is 5.91 Å². The maximum atomic E-state index is 12.4. The first-order valence-corrected chi connectivity index (χ1v) is 8.95. The van der Waals surface area contributed by atoms with Crippen molar-refractivity contribution in [2.75, 3.05) is 37.7 Å². The highest BCUT2D eigenvalue weighted by Gasteiger charge is 2.32. The van der Waals surface area contributed by atoms with Crippen LogP contribution in [0.4, 0.5) is 5.88 Å². The summed E-state index contributed by atoms with van der Waals surface area (Å²) in [5.41, 5.74) is 0. The van der Waals surface area contributed by atoms with Gasteiger partial charge >= 0.3 is 0 Å². The summed E-state index contributed by atoms with van der Waals surface area (Å²) < 4.78 is 11.8. The van der Waals surface area contributed by atoms with Gasteiger partial charge in [0.1, 0.15) is 10.1 Å². The molecule has 0 aliphatic carbocycles. The van der Waals surface area contributed by atoms with Gasteiger partial charge in [0, 0.05) is 31.8 Å². The van der Waals surface area contributed by atoms with Crippen LogP contribution in [0.3, 0.4) is 0 Å². The van der Waals surface area contributed by atoms with Crippen molar-refractivity contribution < 1.29 is 13.9 Å². The maximum Gasteiger partial charge on any atom is 0.266 e. The van der Waals surface area contributed by atoms with Crippen molar-refractivity contribution in [3.05, 3.63) is 22.8 Å². The van der Waals surface area contributed by atoms with Gasteiger partial charge in [-0.3, -0.25) is 9.69 Å². The Labute approximate surface area is 145 Å². The van der Waals surface area contributed by atoms with Crippen LogP contribution in [0, 0.1) is 5.92 Å². The van der Waals surface area contributed by atoms with Crippen molar-refractivity contribution in [1.82, 2.24) is 4.90 Å². The standard InChI is InChI=1S/C16H20N2O3S2/c1-11(2)10-18-15(19)13(23-16(18)22)9-12-3-4-14(21-12)17-5-7-20-8-6-17/h3-4,9,11H,5-8,10H2,1-2H3/b13-9-. The Morgan fingerprint density at radius 2 is 2.09 bits per heavy atom. The number of anilines is 1. The molecule has 3 heterocycles. The van der Waals surface area contributed by atoms with Crippen LogP contribution in [0.15, 0.2) is 21.5 Å². The van der Waals surface area contributed by atoms with E-state index in [4.69, 9.17) is 21.4 Å². The summed E-state index contributed by atoms with van der Waals surface area (Å²) in [6.07, 6.45) is 1.78. The Balaban J connectivity index is 1.73. The normalized spacial score (nSPS) is 21.1. The number of hydrogen-bond donors (Lipinski definition) is 0. The van der Waals surface area contributed by atoms with Crippen LogP contribution in [0.1, 0.15) is 19.6 Å². The van der Waals surface area contributed by atoms with E-state index < -0.39 is 0 Å². The first-order chi connectivity index (χ1) is 11.0.